The molecule has 0 aliphatic heterocycles. The Kier molecular flexibility index (Phi) is 16.1. The van der Waals surface area contributed by atoms with Gasteiger partial charge in [0.05, 0.1) is 41.7 Å². The summed E-state index contributed by atoms with van der Waals surface area (Å²) in [6.07, 6.45) is 0.00475. The van der Waals surface area contributed by atoms with E-state index in [9.17, 15) is 19.2 Å². The van der Waals surface area contributed by atoms with Crippen molar-refractivity contribution in [1.29, 1.82) is 0 Å². The number of benzene rings is 4. The fourth-order valence-electron chi connectivity index (χ4n) is 8.08. The van der Waals surface area contributed by atoms with Crippen LogP contribution in [0.5, 0.6) is 0 Å². The number of aromatic nitrogens is 3. The van der Waals surface area contributed by atoms with Gasteiger partial charge in [-0.15, -0.1) is 0 Å². The molecule has 0 aliphatic rings. The summed E-state index contributed by atoms with van der Waals surface area (Å²) in [6, 6.07) is 41.8. The largest absolute Gasteiger partial charge is 0.460 e. The number of nitrogens with two attached hydrogens (primary N) is 1. The van der Waals surface area contributed by atoms with Gasteiger partial charge in [0.15, 0.2) is 5.78 Å². The maximum Gasteiger partial charge on any atom is 0.312 e. The summed E-state index contributed by atoms with van der Waals surface area (Å²) >= 11 is 0. The van der Waals surface area contributed by atoms with Crippen molar-refractivity contribution in [1.82, 2.24) is 36.0 Å². The Morgan fingerprint density at radius 2 is 1.15 bits per heavy atom. The highest BCUT2D eigenvalue weighted by Gasteiger charge is 2.43. The van der Waals surface area contributed by atoms with Gasteiger partial charge in [-0.25, -0.2) is 15.0 Å². The fraction of sp³-hybridized carbons (Fsp3) is 0.259. The van der Waals surface area contributed by atoms with Gasteiger partial charge < -0.3 is 21.1 Å². The number of fused-ring (bicyclic) bond motifs is 2. The number of ketones is 1. The third kappa shape index (κ3) is 12.4. The topological polar surface area (TPSA) is 199 Å². The van der Waals surface area contributed by atoms with E-state index in [2.05, 4.69) is 31.0 Å². The predicted molar refractivity (Wildman–Crippen MR) is 260 cm³/mol. The third-order valence-electron chi connectivity index (χ3n) is 11.7. The Labute approximate surface area is 395 Å². The maximum atomic E-state index is 15.5. The number of Topliss-reactive ketones (excluding diaryl/α,β-unsaturated/α-hetero) is 1. The molecule has 5 N–H and O–H groups in total. The average Bonchev–Trinajstić information content (AvgIpc) is 3.34. The fourth-order valence-corrected chi connectivity index (χ4v) is 8.08. The Hall–Kier alpha value is -7.68. The molecule has 14 heteroatoms. The van der Waals surface area contributed by atoms with Gasteiger partial charge in [0.2, 0.25) is 0 Å². The van der Waals surface area contributed by atoms with Gasteiger partial charge >= 0.3 is 5.97 Å². The molecule has 7 rings (SSSR count). The minimum absolute atomic E-state index is 0.0886. The maximum absolute atomic E-state index is 15.5. The van der Waals surface area contributed by atoms with Crippen molar-refractivity contribution in [3.8, 4) is 0 Å². The molecule has 0 bridgehead atoms. The smallest absolute Gasteiger partial charge is 0.312 e. The van der Waals surface area contributed by atoms with E-state index in [1.807, 2.05) is 86.6 Å². The van der Waals surface area contributed by atoms with E-state index in [4.69, 9.17) is 10.5 Å². The second-order valence-electron chi connectivity index (χ2n) is 17.4. The van der Waals surface area contributed by atoms with Gasteiger partial charge in [-0.2, -0.15) is 0 Å². The summed E-state index contributed by atoms with van der Waals surface area (Å²) in [5, 5.41) is 9.09. The van der Waals surface area contributed by atoms with Crippen molar-refractivity contribution < 1.29 is 28.7 Å². The molecule has 0 saturated heterocycles. The van der Waals surface area contributed by atoms with Crippen LogP contribution in [0.4, 0.5) is 0 Å². The zero-order valence-electron chi connectivity index (χ0n) is 38.5. The second kappa shape index (κ2) is 22.7. The molecule has 348 valence electrons. The molecule has 3 aromatic heterocycles. The Morgan fingerprint density at radius 1 is 0.618 bits per heavy atom. The van der Waals surface area contributed by atoms with Gasteiger partial charge in [0, 0.05) is 29.6 Å². The molecule has 5 atom stereocenters. The lowest BCUT2D eigenvalue weighted by Crippen LogP contribution is -2.58. The van der Waals surface area contributed by atoms with Crippen molar-refractivity contribution >= 4 is 51.3 Å². The molecule has 4 aromatic carbocycles. The molecule has 0 aliphatic carbocycles. The van der Waals surface area contributed by atoms with Crippen LogP contribution in [0, 0.1) is 17.8 Å². The zero-order valence-corrected chi connectivity index (χ0v) is 38.5. The number of hydrogen-bond donors (Lipinski definition) is 4. The van der Waals surface area contributed by atoms with Crippen LogP contribution in [-0.2, 0) is 32.1 Å². The van der Waals surface area contributed by atoms with E-state index in [0.717, 1.165) is 16.3 Å². The highest BCUT2D eigenvalue weighted by molar-refractivity contribution is 5.99. The number of carbonyl (C=O) groups is 5. The molecule has 3 amide bonds. The molecule has 0 saturated carbocycles. The molecule has 68 heavy (non-hydrogen) atoms. The molecule has 1 unspecified atom stereocenters. The van der Waals surface area contributed by atoms with Gasteiger partial charge in [-0.05, 0) is 59.4 Å². The normalized spacial score (nSPS) is 13.6. The first-order valence-corrected chi connectivity index (χ1v) is 22.7. The number of para-hydroxylation sites is 2. The summed E-state index contributed by atoms with van der Waals surface area (Å²) in [7, 11) is 0. The van der Waals surface area contributed by atoms with Crippen LogP contribution in [0.1, 0.15) is 71.5 Å². The first-order valence-electron chi connectivity index (χ1n) is 22.7. The summed E-state index contributed by atoms with van der Waals surface area (Å²) in [5.41, 5.74) is 13.5. The molecule has 3 heterocycles. The van der Waals surface area contributed by atoms with Crippen molar-refractivity contribution in [3.63, 3.8) is 0 Å². The average molecular weight is 913 g/mol. The molecule has 0 radical (unpaired) electrons. The number of esters is 1. The number of nitrogens with one attached hydrogen (secondary N) is 3. The lowest BCUT2D eigenvalue weighted by molar-refractivity contribution is -0.156. The van der Waals surface area contributed by atoms with Crippen molar-refractivity contribution in [2.75, 3.05) is 6.54 Å². The van der Waals surface area contributed by atoms with E-state index >= 15 is 4.79 Å². The van der Waals surface area contributed by atoms with Crippen molar-refractivity contribution in [3.05, 3.63) is 186 Å². The molecule has 0 fully saturated rings. The van der Waals surface area contributed by atoms with Gasteiger partial charge in [0.1, 0.15) is 23.5 Å². The predicted octanol–water partition coefficient (Wildman–Crippen LogP) is 6.96. The number of nitrogens with zero attached hydrogens (tertiary/aromatic N) is 4. The van der Waals surface area contributed by atoms with Crippen LogP contribution >= 0.6 is 0 Å². The van der Waals surface area contributed by atoms with E-state index in [1.54, 1.807) is 104 Å². The quantitative estimate of drug-likeness (QED) is 0.0456. The van der Waals surface area contributed by atoms with Gasteiger partial charge in [0.25, 0.3) is 17.7 Å². The first kappa shape index (κ1) is 48.3. The molecular weight excluding hydrogens is 857 g/mol. The molecule has 14 nitrogen and oxygen atoms in total. The van der Waals surface area contributed by atoms with Crippen molar-refractivity contribution in [2.24, 2.45) is 23.5 Å². The summed E-state index contributed by atoms with van der Waals surface area (Å²) < 4.78 is 6.39. The third-order valence-corrected chi connectivity index (χ3v) is 11.7. The van der Waals surface area contributed by atoms with E-state index in [-0.39, 0.29) is 30.9 Å². The Balaban J connectivity index is 1.25. The van der Waals surface area contributed by atoms with E-state index < -0.39 is 71.5 Å². The van der Waals surface area contributed by atoms with Gasteiger partial charge in [-0.3, -0.25) is 34.4 Å². The number of ether oxygens (including phenoxy) is 1. The zero-order chi connectivity index (χ0) is 48.2. The van der Waals surface area contributed by atoms with Crippen LogP contribution in [0.3, 0.4) is 0 Å². The van der Waals surface area contributed by atoms with Crippen LogP contribution < -0.4 is 21.8 Å². The lowest BCUT2D eigenvalue weighted by atomic mass is 9.80. The summed E-state index contributed by atoms with van der Waals surface area (Å²) in [6.45, 7) is 7.07. The second-order valence-corrected chi connectivity index (χ2v) is 17.4. The molecule has 7 aromatic rings. The van der Waals surface area contributed by atoms with Crippen LogP contribution in [-0.4, -0.2) is 74.2 Å². The minimum atomic E-state index is -1.33. The lowest BCUT2D eigenvalue weighted by Gasteiger charge is -2.37. The van der Waals surface area contributed by atoms with E-state index in [0.29, 0.717) is 22.3 Å². The molecule has 0 spiro atoms. The van der Waals surface area contributed by atoms with Crippen molar-refractivity contribution in [2.45, 2.75) is 64.9 Å². The first-order chi connectivity index (χ1) is 32.8. The minimum Gasteiger partial charge on any atom is -0.460 e. The standard InChI is InChI=1S/C54H56N8O6/c1-34(2)49(59-52(65)43-28-26-37-19-11-13-24-41(37)57-43)51(64)47(48(55)39-21-9-6-10-22-39)45(68-46(63)31-40-23-15-16-30-56-40)33-62(32-36-17-7-5-8-18-36)61-54(67)50(35(3)4)60-53(66)44-29-27-38-20-12-14-25-42(38)58-44/h5-30,34-35,45,47-50H,31-33,55H2,1-4H3,(H,59,65)(H,60,66)(H,61,67)/t45-,47-,48?,49+,50+/m1/s1. The summed E-state index contributed by atoms with van der Waals surface area (Å²) in [4.78, 5) is 85.3. The molecular formula is C54H56N8O6. The number of hydrazine groups is 1. The highest BCUT2D eigenvalue weighted by atomic mass is 16.5. The Morgan fingerprint density at radius 3 is 1.71 bits per heavy atom. The monoisotopic (exact) mass is 912 g/mol. The summed E-state index contributed by atoms with van der Waals surface area (Å²) in [5.74, 6) is -5.02. The van der Waals surface area contributed by atoms with Crippen LogP contribution in [0.2, 0.25) is 0 Å². The Bertz CT molecular complexity index is 2850. The van der Waals surface area contributed by atoms with Crippen LogP contribution in [0.25, 0.3) is 21.8 Å². The number of hydrogen-bond acceptors (Lipinski definition) is 11. The number of amides is 3. The van der Waals surface area contributed by atoms with Gasteiger partial charge in [-0.1, -0.05) is 143 Å². The number of carbonyl (C=O) groups excluding carboxylic acids is 5. The number of rotatable bonds is 20. The number of pyridine rings is 3. The highest BCUT2D eigenvalue weighted by Crippen LogP contribution is 2.30. The SMILES string of the molecule is CC(C)[C@H](NC(=O)c1ccc2ccccc2n1)C(=O)NN(Cc1ccccc1)C[C@@H](OC(=O)Cc1ccccn1)[C@@H](C(=O)[C@@H](NC(=O)c1ccc2ccccc2n1)C(C)C)C(N)c1ccccc1. The van der Waals surface area contributed by atoms with E-state index in [1.165, 1.54) is 0 Å². The van der Waals surface area contributed by atoms with Crippen LogP contribution in [0.15, 0.2) is 158 Å².